The Labute approximate surface area is 130 Å². The van der Waals surface area contributed by atoms with Gasteiger partial charge in [-0.3, -0.25) is 0 Å². The van der Waals surface area contributed by atoms with Crippen molar-refractivity contribution >= 4 is 22.8 Å². The average molecular weight is 301 g/mol. The van der Waals surface area contributed by atoms with E-state index in [9.17, 15) is 0 Å². The van der Waals surface area contributed by atoms with Gasteiger partial charge in [0.05, 0.1) is 18.7 Å². The highest BCUT2D eigenvalue weighted by molar-refractivity contribution is 5.86. The normalized spacial score (nSPS) is 15.4. The van der Waals surface area contributed by atoms with Crippen LogP contribution in [0.2, 0.25) is 0 Å². The van der Waals surface area contributed by atoms with Crippen molar-refractivity contribution in [3.63, 3.8) is 0 Å². The second kappa shape index (κ2) is 6.87. The van der Waals surface area contributed by atoms with Crippen molar-refractivity contribution in [2.75, 3.05) is 36.9 Å². The topological polar surface area (TPSA) is 77.2 Å². The van der Waals surface area contributed by atoms with E-state index in [1.165, 1.54) is 12.8 Å². The number of hydrogen-bond donors (Lipinski definition) is 1. The Kier molecular flexibility index (Phi) is 4.68. The molecule has 0 spiro atoms. The van der Waals surface area contributed by atoms with Gasteiger partial charge in [-0.1, -0.05) is 19.8 Å². The van der Waals surface area contributed by atoms with Gasteiger partial charge in [-0.25, -0.2) is 9.97 Å². The standard InChI is InChI=1S/C16H23N5O/c1-2-3-4-5-12-6-7-13-14(18-12)15(20-16(17)19-13)21-8-10-22-11-9-21/h6-7H,2-5,8-11H2,1H3,(H2,17,19,20). The average Bonchev–Trinajstić information content (AvgIpc) is 2.55. The minimum atomic E-state index is 0.300. The van der Waals surface area contributed by atoms with Crippen LogP contribution >= 0.6 is 0 Å². The minimum absolute atomic E-state index is 0.300. The molecule has 2 N–H and O–H groups in total. The van der Waals surface area contributed by atoms with Gasteiger partial charge in [0.2, 0.25) is 5.95 Å². The van der Waals surface area contributed by atoms with E-state index in [4.69, 9.17) is 15.5 Å². The minimum Gasteiger partial charge on any atom is -0.378 e. The van der Waals surface area contributed by atoms with Crippen molar-refractivity contribution in [3.05, 3.63) is 17.8 Å². The second-order valence-electron chi connectivity index (χ2n) is 5.63. The zero-order chi connectivity index (χ0) is 15.4. The summed E-state index contributed by atoms with van der Waals surface area (Å²) in [5.74, 6) is 1.14. The van der Waals surface area contributed by atoms with Crippen molar-refractivity contribution in [1.82, 2.24) is 15.0 Å². The Morgan fingerprint density at radius 1 is 1.14 bits per heavy atom. The molecule has 118 valence electrons. The van der Waals surface area contributed by atoms with Gasteiger partial charge in [0.1, 0.15) is 5.52 Å². The van der Waals surface area contributed by atoms with E-state index in [1.54, 1.807) is 0 Å². The first-order valence-electron chi connectivity index (χ1n) is 8.04. The lowest BCUT2D eigenvalue weighted by atomic mass is 10.1. The molecule has 0 aliphatic carbocycles. The first-order valence-corrected chi connectivity index (χ1v) is 8.04. The number of nitrogens with zero attached hydrogens (tertiary/aromatic N) is 4. The van der Waals surface area contributed by atoms with E-state index in [1.807, 2.05) is 12.1 Å². The van der Waals surface area contributed by atoms with Gasteiger partial charge in [-0.2, -0.15) is 4.98 Å². The summed E-state index contributed by atoms with van der Waals surface area (Å²) in [7, 11) is 0. The predicted octanol–water partition coefficient (Wildman–Crippen LogP) is 2.18. The third kappa shape index (κ3) is 3.27. The largest absolute Gasteiger partial charge is 0.378 e. The fourth-order valence-electron chi connectivity index (χ4n) is 2.75. The summed E-state index contributed by atoms with van der Waals surface area (Å²) in [6.45, 7) is 5.25. The van der Waals surface area contributed by atoms with E-state index in [2.05, 4.69) is 21.8 Å². The second-order valence-corrected chi connectivity index (χ2v) is 5.63. The van der Waals surface area contributed by atoms with Crippen molar-refractivity contribution < 1.29 is 4.74 Å². The molecule has 1 aliphatic heterocycles. The maximum absolute atomic E-state index is 5.86. The molecule has 0 unspecified atom stereocenters. The number of aryl methyl sites for hydroxylation is 1. The van der Waals surface area contributed by atoms with Gasteiger partial charge >= 0.3 is 0 Å². The molecule has 0 amide bonds. The molecule has 3 heterocycles. The van der Waals surface area contributed by atoms with E-state index in [-0.39, 0.29) is 0 Å². The van der Waals surface area contributed by atoms with Gasteiger partial charge in [0.25, 0.3) is 0 Å². The van der Waals surface area contributed by atoms with E-state index < -0.39 is 0 Å². The Morgan fingerprint density at radius 2 is 1.95 bits per heavy atom. The molecule has 2 aromatic rings. The van der Waals surface area contributed by atoms with Crippen LogP contribution < -0.4 is 10.6 Å². The van der Waals surface area contributed by atoms with Crippen molar-refractivity contribution in [2.45, 2.75) is 32.6 Å². The van der Waals surface area contributed by atoms with Crippen molar-refractivity contribution in [1.29, 1.82) is 0 Å². The predicted molar refractivity (Wildman–Crippen MR) is 88.0 cm³/mol. The number of ether oxygens (including phenoxy) is 1. The number of anilines is 2. The van der Waals surface area contributed by atoms with Gasteiger partial charge in [-0.05, 0) is 25.0 Å². The summed E-state index contributed by atoms with van der Waals surface area (Å²) in [5, 5.41) is 0. The highest BCUT2D eigenvalue weighted by Crippen LogP contribution is 2.24. The fraction of sp³-hybridized carbons (Fsp3) is 0.562. The van der Waals surface area contributed by atoms with Gasteiger partial charge in [-0.15, -0.1) is 0 Å². The Hall–Kier alpha value is -1.95. The molecule has 0 atom stereocenters. The third-order valence-corrected chi connectivity index (χ3v) is 3.95. The molecule has 0 aromatic carbocycles. The lowest BCUT2D eigenvalue weighted by Gasteiger charge is -2.28. The monoisotopic (exact) mass is 301 g/mol. The highest BCUT2D eigenvalue weighted by Gasteiger charge is 2.18. The summed E-state index contributed by atoms with van der Waals surface area (Å²) >= 11 is 0. The van der Waals surface area contributed by atoms with Crippen LogP contribution in [0.15, 0.2) is 12.1 Å². The molecule has 2 aromatic heterocycles. The smallest absolute Gasteiger partial charge is 0.222 e. The van der Waals surface area contributed by atoms with Crippen molar-refractivity contribution in [2.24, 2.45) is 0 Å². The number of pyridine rings is 1. The van der Waals surface area contributed by atoms with Gasteiger partial charge in [0, 0.05) is 18.8 Å². The molecule has 6 heteroatoms. The maximum Gasteiger partial charge on any atom is 0.222 e. The van der Waals surface area contributed by atoms with Crippen molar-refractivity contribution in [3.8, 4) is 0 Å². The SMILES string of the molecule is CCCCCc1ccc2nc(N)nc(N3CCOCC3)c2n1. The number of hydrogen-bond acceptors (Lipinski definition) is 6. The Balaban J connectivity index is 1.95. The quantitative estimate of drug-likeness (QED) is 0.853. The maximum atomic E-state index is 5.86. The molecule has 1 saturated heterocycles. The number of fused-ring (bicyclic) bond motifs is 1. The molecule has 1 fully saturated rings. The van der Waals surface area contributed by atoms with Gasteiger partial charge in [0.15, 0.2) is 5.82 Å². The summed E-state index contributed by atoms with van der Waals surface area (Å²) in [6.07, 6.45) is 4.61. The van der Waals surface area contributed by atoms with Crippen LogP contribution in [0.5, 0.6) is 0 Å². The fourth-order valence-corrected chi connectivity index (χ4v) is 2.75. The molecule has 0 radical (unpaired) electrons. The number of unbranched alkanes of at least 4 members (excludes halogenated alkanes) is 2. The summed E-state index contributed by atoms with van der Waals surface area (Å²) in [5.41, 5.74) is 8.63. The van der Waals surface area contributed by atoms with Crippen LogP contribution in [-0.2, 0) is 11.2 Å². The zero-order valence-electron chi connectivity index (χ0n) is 13.1. The van der Waals surface area contributed by atoms with E-state index >= 15 is 0 Å². The molecule has 1 aliphatic rings. The number of nitrogens with two attached hydrogens (primary N) is 1. The Bertz CT molecular complexity index is 640. The summed E-state index contributed by atoms with van der Waals surface area (Å²) in [6, 6.07) is 4.05. The van der Waals surface area contributed by atoms with Crippen LogP contribution in [-0.4, -0.2) is 41.3 Å². The summed E-state index contributed by atoms with van der Waals surface area (Å²) in [4.78, 5) is 15.7. The molecular weight excluding hydrogens is 278 g/mol. The lowest BCUT2D eigenvalue weighted by Crippen LogP contribution is -2.37. The molecule has 22 heavy (non-hydrogen) atoms. The molecule has 0 bridgehead atoms. The van der Waals surface area contributed by atoms with Crippen LogP contribution in [0.3, 0.4) is 0 Å². The van der Waals surface area contributed by atoms with Gasteiger partial charge < -0.3 is 15.4 Å². The number of morpholine rings is 1. The Morgan fingerprint density at radius 3 is 2.73 bits per heavy atom. The van der Waals surface area contributed by atoms with Crippen LogP contribution in [0.4, 0.5) is 11.8 Å². The van der Waals surface area contributed by atoms with Crippen LogP contribution in [0.1, 0.15) is 31.9 Å². The lowest BCUT2D eigenvalue weighted by molar-refractivity contribution is 0.122. The number of aromatic nitrogens is 3. The zero-order valence-corrected chi connectivity index (χ0v) is 13.1. The third-order valence-electron chi connectivity index (χ3n) is 3.95. The van der Waals surface area contributed by atoms with Crippen LogP contribution in [0, 0.1) is 0 Å². The molecule has 6 nitrogen and oxygen atoms in total. The number of rotatable bonds is 5. The van der Waals surface area contributed by atoms with Crippen LogP contribution in [0.25, 0.3) is 11.0 Å². The molecule has 3 rings (SSSR count). The first-order chi connectivity index (χ1) is 10.8. The van der Waals surface area contributed by atoms with E-state index in [0.29, 0.717) is 19.2 Å². The highest BCUT2D eigenvalue weighted by atomic mass is 16.5. The number of nitrogen functional groups attached to an aromatic ring is 1. The molecular formula is C16H23N5O. The summed E-state index contributed by atoms with van der Waals surface area (Å²) < 4.78 is 5.42. The molecule has 0 saturated carbocycles. The first kappa shape index (κ1) is 15.0. The van der Waals surface area contributed by atoms with E-state index in [0.717, 1.165) is 48.5 Å².